The minimum absolute atomic E-state index is 0.306. The Balaban J connectivity index is 4.86. The van der Waals surface area contributed by atoms with E-state index in [9.17, 15) is 8.42 Å². The summed E-state index contributed by atoms with van der Waals surface area (Å²) in [6.07, 6.45) is 0.681. The predicted molar refractivity (Wildman–Crippen MR) is 53.5 cm³/mol. The molecule has 0 aliphatic heterocycles. The summed E-state index contributed by atoms with van der Waals surface area (Å²) in [5.41, 5.74) is 5.02. The van der Waals surface area contributed by atoms with Crippen molar-refractivity contribution >= 4 is 10.2 Å². The van der Waals surface area contributed by atoms with E-state index < -0.39 is 15.7 Å². The minimum Gasteiger partial charge on any atom is -0.329 e. The molecule has 0 aliphatic carbocycles. The largest absolute Gasteiger partial charge is 0.329 e. The van der Waals surface area contributed by atoms with E-state index in [1.165, 1.54) is 18.4 Å². The lowest BCUT2D eigenvalue weighted by molar-refractivity contribution is 0.238. The summed E-state index contributed by atoms with van der Waals surface area (Å²) in [5.74, 6) is 0. The van der Waals surface area contributed by atoms with Crippen molar-refractivity contribution in [3.8, 4) is 0 Å². The molecule has 0 fully saturated rings. The molecule has 0 heterocycles. The van der Waals surface area contributed by atoms with Crippen molar-refractivity contribution in [2.45, 2.75) is 25.8 Å². The zero-order valence-corrected chi connectivity index (χ0v) is 9.48. The lowest BCUT2D eigenvalue weighted by Gasteiger charge is -2.35. The van der Waals surface area contributed by atoms with E-state index in [1.54, 1.807) is 0 Å². The van der Waals surface area contributed by atoms with E-state index in [-0.39, 0.29) is 0 Å². The van der Waals surface area contributed by atoms with E-state index in [2.05, 4.69) is 4.72 Å². The molecule has 13 heavy (non-hydrogen) atoms. The van der Waals surface area contributed by atoms with Gasteiger partial charge in [0.2, 0.25) is 0 Å². The lowest BCUT2D eigenvalue weighted by Crippen LogP contribution is -2.54. The zero-order valence-electron chi connectivity index (χ0n) is 8.66. The van der Waals surface area contributed by atoms with Crippen molar-refractivity contribution in [2.75, 3.05) is 20.6 Å². The Kier molecular flexibility index (Phi) is 4.31. The van der Waals surface area contributed by atoms with Gasteiger partial charge in [-0.25, -0.2) is 4.72 Å². The van der Waals surface area contributed by atoms with E-state index in [1.807, 2.05) is 13.8 Å². The Labute approximate surface area is 80.5 Å². The van der Waals surface area contributed by atoms with Crippen molar-refractivity contribution in [2.24, 2.45) is 5.73 Å². The van der Waals surface area contributed by atoms with Gasteiger partial charge in [-0.15, -0.1) is 0 Å². The second-order valence-corrected chi connectivity index (χ2v) is 5.14. The molecule has 0 aliphatic rings. The van der Waals surface area contributed by atoms with Crippen molar-refractivity contribution in [3.05, 3.63) is 0 Å². The Morgan fingerprint density at radius 2 is 2.00 bits per heavy atom. The van der Waals surface area contributed by atoms with Gasteiger partial charge >= 0.3 is 0 Å². The smallest absolute Gasteiger partial charge is 0.279 e. The summed E-state index contributed by atoms with van der Waals surface area (Å²) in [5, 5.41) is 0. The third-order valence-corrected chi connectivity index (χ3v) is 4.26. The molecule has 0 aromatic rings. The topological polar surface area (TPSA) is 75.4 Å². The second-order valence-electron chi connectivity index (χ2n) is 3.23. The number of nitrogens with one attached hydrogen (secondary N) is 1. The number of hydrogen-bond acceptors (Lipinski definition) is 3. The molecule has 1 atom stereocenters. The molecule has 0 saturated carbocycles. The number of likely N-dealkylation sites (N-methyl/N-ethyl adjacent to an activating group) is 1. The Morgan fingerprint density at radius 1 is 1.54 bits per heavy atom. The molecule has 3 N–H and O–H groups in total. The van der Waals surface area contributed by atoms with Crippen LogP contribution in [-0.4, -0.2) is 38.9 Å². The van der Waals surface area contributed by atoms with Gasteiger partial charge in [-0.1, -0.05) is 6.92 Å². The van der Waals surface area contributed by atoms with Crippen molar-refractivity contribution < 1.29 is 8.42 Å². The third kappa shape index (κ3) is 2.63. The molecule has 1 unspecified atom stereocenters. The Hall–Kier alpha value is -0.170. The van der Waals surface area contributed by atoms with Gasteiger partial charge in [0.25, 0.3) is 10.2 Å². The van der Waals surface area contributed by atoms with Crippen LogP contribution in [0.15, 0.2) is 0 Å². The summed E-state index contributed by atoms with van der Waals surface area (Å²) < 4.78 is 26.4. The van der Waals surface area contributed by atoms with Crippen molar-refractivity contribution in [3.63, 3.8) is 0 Å². The van der Waals surface area contributed by atoms with Crippen LogP contribution >= 0.6 is 0 Å². The van der Waals surface area contributed by atoms with E-state index in [4.69, 9.17) is 5.73 Å². The van der Waals surface area contributed by atoms with Gasteiger partial charge in [-0.3, -0.25) is 0 Å². The normalized spacial score (nSPS) is 17.4. The minimum atomic E-state index is -3.38. The SMILES string of the molecule is CCC(C)(CN)N(C)S(=O)(=O)NC. The van der Waals surface area contributed by atoms with Gasteiger partial charge < -0.3 is 5.73 Å². The molecule has 6 heteroatoms. The van der Waals surface area contributed by atoms with Gasteiger partial charge in [-0.2, -0.15) is 12.7 Å². The number of nitrogens with zero attached hydrogens (tertiary/aromatic N) is 1. The second kappa shape index (κ2) is 4.36. The molecule has 0 saturated heterocycles. The molecule has 0 aromatic carbocycles. The summed E-state index contributed by atoms with van der Waals surface area (Å²) in [4.78, 5) is 0. The summed E-state index contributed by atoms with van der Waals surface area (Å²) in [6, 6.07) is 0. The Morgan fingerprint density at radius 3 is 2.23 bits per heavy atom. The molecule has 0 radical (unpaired) electrons. The third-order valence-electron chi connectivity index (χ3n) is 2.58. The monoisotopic (exact) mass is 209 g/mol. The predicted octanol–water partition coefficient (Wildman–Crippen LogP) is -0.490. The van der Waals surface area contributed by atoms with E-state index in [0.29, 0.717) is 13.0 Å². The molecule has 0 aromatic heterocycles. The average Bonchev–Trinajstić information content (AvgIpc) is 2.15. The van der Waals surface area contributed by atoms with Gasteiger partial charge in [0, 0.05) is 26.2 Å². The first-order chi connectivity index (χ1) is 5.84. The van der Waals surface area contributed by atoms with Crippen LogP contribution in [0.5, 0.6) is 0 Å². The highest BCUT2D eigenvalue weighted by Gasteiger charge is 2.33. The van der Waals surface area contributed by atoms with Crippen molar-refractivity contribution in [1.29, 1.82) is 0 Å². The molecule has 0 rings (SSSR count). The maximum Gasteiger partial charge on any atom is 0.279 e. The highest BCUT2D eigenvalue weighted by Crippen LogP contribution is 2.18. The van der Waals surface area contributed by atoms with Crippen LogP contribution < -0.4 is 10.5 Å². The van der Waals surface area contributed by atoms with E-state index in [0.717, 1.165) is 0 Å². The molecule has 0 bridgehead atoms. The lowest BCUT2D eigenvalue weighted by atomic mass is 10.00. The summed E-state index contributed by atoms with van der Waals surface area (Å²) in [7, 11) is -0.459. The highest BCUT2D eigenvalue weighted by molar-refractivity contribution is 7.87. The van der Waals surface area contributed by atoms with E-state index >= 15 is 0 Å². The highest BCUT2D eigenvalue weighted by atomic mass is 32.2. The molecule has 0 amide bonds. The number of hydrogen-bond donors (Lipinski definition) is 2. The fourth-order valence-corrected chi connectivity index (χ4v) is 1.98. The van der Waals surface area contributed by atoms with Crippen LogP contribution in [-0.2, 0) is 10.2 Å². The Bertz CT molecular complexity index is 246. The fraction of sp³-hybridized carbons (Fsp3) is 1.00. The van der Waals surface area contributed by atoms with Crippen LogP contribution in [0.1, 0.15) is 20.3 Å². The first kappa shape index (κ1) is 12.8. The van der Waals surface area contributed by atoms with Crippen LogP contribution in [0.25, 0.3) is 0 Å². The van der Waals surface area contributed by atoms with Gasteiger partial charge in [0.15, 0.2) is 0 Å². The fourth-order valence-electron chi connectivity index (χ4n) is 0.923. The molecule has 5 nitrogen and oxygen atoms in total. The van der Waals surface area contributed by atoms with Crippen molar-refractivity contribution in [1.82, 2.24) is 9.03 Å². The maximum atomic E-state index is 11.4. The molecular formula is C7H19N3O2S. The van der Waals surface area contributed by atoms with Crippen LogP contribution in [0, 0.1) is 0 Å². The summed E-state index contributed by atoms with van der Waals surface area (Å²) >= 11 is 0. The first-order valence-corrected chi connectivity index (χ1v) is 5.65. The average molecular weight is 209 g/mol. The zero-order chi connectivity index (χ0) is 10.7. The summed E-state index contributed by atoms with van der Waals surface area (Å²) in [6.45, 7) is 4.04. The van der Waals surface area contributed by atoms with Gasteiger partial charge in [0.1, 0.15) is 0 Å². The van der Waals surface area contributed by atoms with Gasteiger partial charge in [-0.05, 0) is 13.3 Å². The number of rotatable bonds is 5. The standard InChI is InChI=1S/C7H19N3O2S/c1-5-7(2,6-8)10(4)13(11,12)9-3/h9H,5-6,8H2,1-4H3. The first-order valence-electron chi connectivity index (χ1n) is 4.21. The molecule has 80 valence electrons. The molecular weight excluding hydrogens is 190 g/mol. The van der Waals surface area contributed by atoms with Gasteiger partial charge in [0.05, 0.1) is 0 Å². The maximum absolute atomic E-state index is 11.4. The number of nitrogens with two attached hydrogens (primary N) is 1. The van der Waals surface area contributed by atoms with Crippen LogP contribution in [0.3, 0.4) is 0 Å². The quantitative estimate of drug-likeness (QED) is 0.641. The van der Waals surface area contributed by atoms with Crippen LogP contribution in [0.4, 0.5) is 0 Å². The van der Waals surface area contributed by atoms with Crippen LogP contribution in [0.2, 0.25) is 0 Å². The molecule has 0 spiro atoms.